The number of ketones is 2. The third kappa shape index (κ3) is 1.39. The maximum atomic E-state index is 11.7. The first kappa shape index (κ1) is 10.4. The first-order valence-corrected chi connectivity index (χ1v) is 4.70. The number of hydrogen-bond donors (Lipinski definition) is 0. The molecule has 0 N–H and O–H groups in total. The minimum absolute atomic E-state index is 0.199. The zero-order valence-electron chi connectivity index (χ0n) is 8.94. The predicted octanol–water partition coefficient (Wildman–Crippen LogP) is 1.64. The van der Waals surface area contributed by atoms with Gasteiger partial charge in [0, 0.05) is 5.56 Å². The molecule has 2 rings (SSSR count). The van der Waals surface area contributed by atoms with Crippen molar-refractivity contribution in [1.29, 1.82) is 0 Å². The second-order valence-electron chi connectivity index (χ2n) is 3.29. The number of carbonyl (C=O) groups is 2. The molecule has 0 amide bonds. The molecular formula is C12H10O4. The van der Waals surface area contributed by atoms with Gasteiger partial charge < -0.3 is 9.47 Å². The van der Waals surface area contributed by atoms with Gasteiger partial charge in [-0.05, 0) is 24.3 Å². The SMILES string of the molecule is COc1ccc2c(c1OC)C(=O)C=CC2=O. The molecular weight excluding hydrogens is 208 g/mol. The number of carbonyl (C=O) groups excluding carboxylic acids is 2. The van der Waals surface area contributed by atoms with Gasteiger partial charge in [-0.25, -0.2) is 0 Å². The zero-order chi connectivity index (χ0) is 11.7. The van der Waals surface area contributed by atoms with E-state index < -0.39 is 0 Å². The van der Waals surface area contributed by atoms with Crippen molar-refractivity contribution in [2.75, 3.05) is 14.2 Å². The predicted molar refractivity (Wildman–Crippen MR) is 57.3 cm³/mol. The van der Waals surface area contributed by atoms with E-state index >= 15 is 0 Å². The van der Waals surface area contributed by atoms with Crippen molar-refractivity contribution < 1.29 is 19.1 Å². The Morgan fingerprint density at radius 3 is 2.25 bits per heavy atom. The van der Waals surface area contributed by atoms with Crippen LogP contribution in [-0.4, -0.2) is 25.8 Å². The molecule has 0 heterocycles. The Morgan fingerprint density at radius 2 is 1.62 bits per heavy atom. The van der Waals surface area contributed by atoms with E-state index in [0.29, 0.717) is 17.1 Å². The lowest BCUT2D eigenvalue weighted by atomic mass is 9.93. The molecule has 0 fully saturated rings. The van der Waals surface area contributed by atoms with Crippen LogP contribution in [-0.2, 0) is 0 Å². The molecule has 16 heavy (non-hydrogen) atoms. The van der Waals surface area contributed by atoms with Crippen molar-refractivity contribution >= 4 is 11.6 Å². The van der Waals surface area contributed by atoms with Gasteiger partial charge in [0.15, 0.2) is 23.1 Å². The Morgan fingerprint density at radius 1 is 0.938 bits per heavy atom. The minimum atomic E-state index is -0.245. The fourth-order valence-electron chi connectivity index (χ4n) is 1.70. The molecule has 1 aliphatic rings. The van der Waals surface area contributed by atoms with E-state index in [9.17, 15) is 9.59 Å². The van der Waals surface area contributed by atoms with Crippen LogP contribution in [0.1, 0.15) is 20.7 Å². The average molecular weight is 218 g/mol. The van der Waals surface area contributed by atoms with Crippen LogP contribution < -0.4 is 9.47 Å². The summed E-state index contributed by atoms with van der Waals surface area (Å²) in [6, 6.07) is 3.18. The number of allylic oxidation sites excluding steroid dienone is 2. The summed E-state index contributed by atoms with van der Waals surface area (Å²) in [4.78, 5) is 23.3. The van der Waals surface area contributed by atoms with Gasteiger partial charge in [-0.2, -0.15) is 0 Å². The Balaban J connectivity index is 2.73. The highest BCUT2D eigenvalue weighted by atomic mass is 16.5. The fraction of sp³-hybridized carbons (Fsp3) is 0.167. The van der Waals surface area contributed by atoms with Gasteiger partial charge in [0.2, 0.25) is 0 Å². The van der Waals surface area contributed by atoms with E-state index in [2.05, 4.69) is 0 Å². The summed E-state index contributed by atoms with van der Waals surface area (Å²) in [6.07, 6.45) is 2.50. The van der Waals surface area contributed by atoms with E-state index in [0.717, 1.165) is 0 Å². The molecule has 0 aromatic heterocycles. The number of ether oxygens (including phenoxy) is 2. The first-order valence-electron chi connectivity index (χ1n) is 4.70. The molecule has 0 unspecified atom stereocenters. The van der Waals surface area contributed by atoms with Crippen molar-refractivity contribution in [3.8, 4) is 11.5 Å². The fourth-order valence-corrected chi connectivity index (χ4v) is 1.70. The van der Waals surface area contributed by atoms with E-state index in [4.69, 9.17) is 9.47 Å². The smallest absolute Gasteiger partial charge is 0.190 e. The molecule has 1 aromatic carbocycles. The normalized spacial score (nSPS) is 13.6. The van der Waals surface area contributed by atoms with Crippen molar-refractivity contribution in [2.24, 2.45) is 0 Å². The number of rotatable bonds is 2. The van der Waals surface area contributed by atoms with Crippen LogP contribution in [0.15, 0.2) is 24.3 Å². The van der Waals surface area contributed by atoms with Gasteiger partial charge in [0.05, 0.1) is 19.8 Å². The summed E-state index contributed by atoms with van der Waals surface area (Å²) in [5.41, 5.74) is 0.625. The quantitative estimate of drug-likeness (QED) is 0.757. The van der Waals surface area contributed by atoms with Gasteiger partial charge in [-0.1, -0.05) is 0 Å². The molecule has 1 aromatic rings. The Bertz CT molecular complexity index is 500. The number of benzene rings is 1. The Hall–Kier alpha value is -2.10. The second kappa shape index (κ2) is 3.81. The minimum Gasteiger partial charge on any atom is -0.493 e. The molecule has 82 valence electrons. The van der Waals surface area contributed by atoms with Gasteiger partial charge >= 0.3 is 0 Å². The highest BCUT2D eigenvalue weighted by Gasteiger charge is 2.25. The second-order valence-corrected chi connectivity index (χ2v) is 3.29. The van der Waals surface area contributed by atoms with Crippen LogP contribution in [0.5, 0.6) is 11.5 Å². The molecule has 0 radical (unpaired) electrons. The highest BCUT2D eigenvalue weighted by Crippen LogP contribution is 2.35. The third-order valence-corrected chi connectivity index (χ3v) is 2.44. The number of fused-ring (bicyclic) bond motifs is 1. The molecule has 0 saturated carbocycles. The lowest BCUT2D eigenvalue weighted by Gasteiger charge is -2.15. The van der Waals surface area contributed by atoms with E-state index in [1.165, 1.54) is 26.4 Å². The van der Waals surface area contributed by atoms with Crippen LogP contribution in [0, 0.1) is 0 Å². The summed E-state index contributed by atoms with van der Waals surface area (Å²) >= 11 is 0. The van der Waals surface area contributed by atoms with E-state index in [1.54, 1.807) is 12.1 Å². The summed E-state index contributed by atoms with van der Waals surface area (Å²) in [6.45, 7) is 0. The molecule has 0 aliphatic heterocycles. The lowest BCUT2D eigenvalue weighted by molar-refractivity contribution is 0.0991. The maximum absolute atomic E-state index is 11.7. The van der Waals surface area contributed by atoms with E-state index in [1.807, 2.05) is 0 Å². The summed E-state index contributed by atoms with van der Waals surface area (Å²) < 4.78 is 10.2. The van der Waals surface area contributed by atoms with Crippen molar-refractivity contribution in [2.45, 2.75) is 0 Å². The van der Waals surface area contributed by atoms with Crippen LogP contribution in [0.25, 0.3) is 0 Å². The van der Waals surface area contributed by atoms with Crippen molar-refractivity contribution in [1.82, 2.24) is 0 Å². The monoisotopic (exact) mass is 218 g/mol. The van der Waals surface area contributed by atoms with Crippen LogP contribution in [0.4, 0.5) is 0 Å². The molecule has 0 atom stereocenters. The van der Waals surface area contributed by atoms with E-state index in [-0.39, 0.29) is 17.1 Å². The van der Waals surface area contributed by atoms with Crippen LogP contribution in [0.3, 0.4) is 0 Å². The molecule has 0 bridgehead atoms. The highest BCUT2D eigenvalue weighted by molar-refractivity contribution is 6.23. The van der Waals surface area contributed by atoms with Crippen molar-refractivity contribution in [3.05, 3.63) is 35.4 Å². The molecule has 0 spiro atoms. The molecule has 0 saturated heterocycles. The largest absolute Gasteiger partial charge is 0.493 e. The topological polar surface area (TPSA) is 52.6 Å². The summed E-state index contributed by atoms with van der Waals surface area (Å²) in [5.74, 6) is 0.307. The Kier molecular flexibility index (Phi) is 2.48. The summed E-state index contributed by atoms with van der Waals surface area (Å²) in [7, 11) is 2.92. The Labute approximate surface area is 92.5 Å². The van der Waals surface area contributed by atoms with Crippen molar-refractivity contribution in [3.63, 3.8) is 0 Å². The average Bonchev–Trinajstić information content (AvgIpc) is 2.32. The molecule has 4 heteroatoms. The van der Waals surface area contributed by atoms with Gasteiger partial charge in [0.25, 0.3) is 0 Å². The molecule has 4 nitrogen and oxygen atoms in total. The zero-order valence-corrected chi connectivity index (χ0v) is 8.94. The maximum Gasteiger partial charge on any atom is 0.190 e. The standard InChI is InChI=1S/C12H10O4/c1-15-10-6-3-7-8(13)4-5-9(14)11(7)12(10)16-2/h3-6H,1-2H3. The van der Waals surface area contributed by atoms with Gasteiger partial charge in [-0.15, -0.1) is 0 Å². The van der Waals surface area contributed by atoms with Crippen LogP contribution in [0.2, 0.25) is 0 Å². The van der Waals surface area contributed by atoms with Gasteiger partial charge in [0.1, 0.15) is 0 Å². The summed E-state index contributed by atoms with van der Waals surface area (Å²) in [5, 5.41) is 0. The van der Waals surface area contributed by atoms with Crippen LogP contribution >= 0.6 is 0 Å². The number of methoxy groups -OCH3 is 2. The number of hydrogen-bond acceptors (Lipinski definition) is 4. The molecule has 1 aliphatic carbocycles. The third-order valence-electron chi connectivity index (χ3n) is 2.44. The lowest BCUT2D eigenvalue weighted by Crippen LogP contribution is -2.13. The van der Waals surface area contributed by atoms with Gasteiger partial charge in [-0.3, -0.25) is 9.59 Å². The first-order chi connectivity index (χ1) is 7.69.